The van der Waals surface area contributed by atoms with E-state index in [0.29, 0.717) is 68.1 Å². The minimum Gasteiger partial charge on any atom is -0.494 e. The number of fused-ring (bicyclic) bond motifs is 1. The maximum absolute atomic E-state index is 14.0. The summed E-state index contributed by atoms with van der Waals surface area (Å²) in [7, 11) is 1.60. The molecule has 0 unspecified atom stereocenters. The topological polar surface area (TPSA) is 111 Å². The Hall–Kier alpha value is -3.32. The SMILES string of the molecule is COc1ccc(C)c2sc(N(CCCN3CCOCC3)C(=O)c3ccc(N4CCOCC4)c([N+](=O)[O-])c3)nc12. The van der Waals surface area contributed by atoms with E-state index in [1.165, 1.54) is 17.4 Å². The molecule has 0 spiro atoms. The molecule has 5 rings (SSSR count). The number of nitro benzene ring substituents is 1. The normalized spacial score (nSPS) is 16.4. The van der Waals surface area contributed by atoms with Crippen LogP contribution in [-0.4, -0.2) is 93.5 Å². The Kier molecular flexibility index (Phi) is 8.56. The van der Waals surface area contributed by atoms with Gasteiger partial charge < -0.3 is 19.1 Å². The van der Waals surface area contributed by atoms with Crippen LogP contribution in [0.1, 0.15) is 22.3 Å². The summed E-state index contributed by atoms with van der Waals surface area (Å²) < 4.78 is 17.3. The Morgan fingerprint density at radius 1 is 1.13 bits per heavy atom. The highest BCUT2D eigenvalue weighted by Gasteiger charge is 2.27. The molecule has 2 aromatic carbocycles. The average Bonchev–Trinajstić information content (AvgIpc) is 3.42. The summed E-state index contributed by atoms with van der Waals surface area (Å²) in [6.45, 7) is 8.53. The van der Waals surface area contributed by atoms with Crippen molar-refractivity contribution in [2.45, 2.75) is 13.3 Å². The number of carbonyl (C=O) groups excluding carboxylic acids is 1. The number of nitro groups is 1. The molecule has 0 radical (unpaired) electrons. The van der Waals surface area contributed by atoms with Gasteiger partial charge in [-0.1, -0.05) is 17.4 Å². The van der Waals surface area contributed by atoms with Crippen LogP contribution in [0.3, 0.4) is 0 Å². The molecular weight excluding hydrogens is 522 g/mol. The summed E-state index contributed by atoms with van der Waals surface area (Å²) in [5.74, 6) is 0.327. The summed E-state index contributed by atoms with van der Waals surface area (Å²) in [4.78, 5) is 36.3. The van der Waals surface area contributed by atoms with E-state index in [2.05, 4.69) is 4.90 Å². The molecule has 0 N–H and O–H groups in total. The Balaban J connectivity index is 1.47. The Bertz CT molecular complexity index is 1340. The molecule has 2 aliphatic heterocycles. The van der Waals surface area contributed by atoms with Crippen LogP contribution in [0, 0.1) is 17.0 Å². The quantitative estimate of drug-likeness (QED) is 0.288. The van der Waals surface area contributed by atoms with Gasteiger partial charge in [0, 0.05) is 50.9 Å². The summed E-state index contributed by atoms with van der Waals surface area (Å²) in [6, 6.07) is 8.59. The molecule has 3 heterocycles. The minimum atomic E-state index is -0.420. The summed E-state index contributed by atoms with van der Waals surface area (Å²) >= 11 is 1.43. The van der Waals surface area contributed by atoms with Crippen molar-refractivity contribution in [1.29, 1.82) is 0 Å². The van der Waals surface area contributed by atoms with Crippen LogP contribution in [0.5, 0.6) is 5.75 Å². The molecule has 0 atom stereocenters. The predicted octanol–water partition coefficient (Wildman–Crippen LogP) is 3.73. The number of methoxy groups -OCH3 is 1. The lowest BCUT2D eigenvalue weighted by Crippen LogP contribution is -2.39. The number of anilines is 2. The van der Waals surface area contributed by atoms with Gasteiger partial charge in [0.1, 0.15) is 17.0 Å². The van der Waals surface area contributed by atoms with Gasteiger partial charge in [-0.2, -0.15) is 0 Å². The predicted molar refractivity (Wildman–Crippen MR) is 151 cm³/mol. The number of carbonyl (C=O) groups is 1. The number of ether oxygens (including phenoxy) is 3. The fourth-order valence-electron chi connectivity index (χ4n) is 4.97. The molecule has 1 aromatic heterocycles. The van der Waals surface area contributed by atoms with Gasteiger partial charge in [0.25, 0.3) is 11.6 Å². The molecule has 0 bridgehead atoms. The van der Waals surface area contributed by atoms with Gasteiger partial charge in [0.2, 0.25) is 0 Å². The number of aromatic nitrogens is 1. The van der Waals surface area contributed by atoms with Gasteiger partial charge >= 0.3 is 0 Å². The molecule has 3 aromatic rings. The van der Waals surface area contributed by atoms with Crippen molar-refractivity contribution in [3.05, 3.63) is 51.6 Å². The van der Waals surface area contributed by atoms with Gasteiger partial charge in [-0.15, -0.1) is 0 Å². The van der Waals surface area contributed by atoms with Crippen LogP contribution in [0.2, 0.25) is 0 Å². The zero-order chi connectivity index (χ0) is 27.4. The highest BCUT2D eigenvalue weighted by Crippen LogP contribution is 2.37. The molecular formula is C27H33N5O6S. The van der Waals surface area contributed by atoms with Crippen molar-refractivity contribution in [2.75, 3.05) is 82.6 Å². The molecule has 12 heteroatoms. The third kappa shape index (κ3) is 5.98. The third-order valence-corrected chi connectivity index (χ3v) is 8.33. The summed E-state index contributed by atoms with van der Waals surface area (Å²) in [5.41, 5.74) is 2.42. The average molecular weight is 556 g/mol. The fraction of sp³-hybridized carbons (Fsp3) is 0.481. The molecule has 0 aliphatic carbocycles. The highest BCUT2D eigenvalue weighted by atomic mass is 32.1. The lowest BCUT2D eigenvalue weighted by molar-refractivity contribution is -0.384. The standard InChI is InChI=1S/C27H33N5O6S/c1-19-4-7-23(36-2)24-25(19)39-27(28-24)31(9-3-8-29-10-14-37-15-11-29)26(33)20-5-6-21(22(18-20)32(34)35)30-12-16-38-17-13-30/h4-7,18H,3,8-17H2,1-2H3. The number of hydrogen-bond acceptors (Lipinski definition) is 10. The van der Waals surface area contributed by atoms with Crippen LogP contribution in [-0.2, 0) is 9.47 Å². The van der Waals surface area contributed by atoms with E-state index < -0.39 is 4.92 Å². The van der Waals surface area contributed by atoms with Gasteiger partial charge in [-0.05, 0) is 37.1 Å². The second-order valence-electron chi connectivity index (χ2n) is 9.58. The van der Waals surface area contributed by atoms with E-state index in [1.54, 1.807) is 24.1 Å². The first-order chi connectivity index (χ1) is 19.0. The van der Waals surface area contributed by atoms with Crippen molar-refractivity contribution in [1.82, 2.24) is 9.88 Å². The van der Waals surface area contributed by atoms with Crippen molar-refractivity contribution in [2.24, 2.45) is 0 Å². The molecule has 2 fully saturated rings. The van der Waals surface area contributed by atoms with E-state index in [1.807, 2.05) is 24.0 Å². The van der Waals surface area contributed by atoms with Crippen molar-refractivity contribution in [3.8, 4) is 5.75 Å². The number of rotatable bonds is 9. The number of nitrogens with zero attached hydrogens (tertiary/aromatic N) is 5. The molecule has 208 valence electrons. The smallest absolute Gasteiger partial charge is 0.293 e. The Morgan fingerprint density at radius 2 is 1.85 bits per heavy atom. The summed E-state index contributed by atoms with van der Waals surface area (Å²) in [6.07, 6.45) is 0.728. The first kappa shape index (κ1) is 27.3. The lowest BCUT2D eigenvalue weighted by atomic mass is 10.1. The highest BCUT2D eigenvalue weighted by molar-refractivity contribution is 7.22. The first-order valence-electron chi connectivity index (χ1n) is 13.1. The van der Waals surface area contributed by atoms with E-state index in [4.69, 9.17) is 19.2 Å². The van der Waals surface area contributed by atoms with Crippen LogP contribution in [0.4, 0.5) is 16.5 Å². The van der Waals surface area contributed by atoms with Crippen LogP contribution in [0.15, 0.2) is 30.3 Å². The van der Waals surface area contributed by atoms with Crippen molar-refractivity contribution in [3.63, 3.8) is 0 Å². The minimum absolute atomic E-state index is 0.0853. The number of benzene rings is 2. The Labute approximate surface area is 231 Å². The first-order valence-corrected chi connectivity index (χ1v) is 13.9. The van der Waals surface area contributed by atoms with Gasteiger partial charge in [-0.25, -0.2) is 4.98 Å². The summed E-state index contributed by atoms with van der Waals surface area (Å²) in [5, 5.41) is 12.6. The number of morpholine rings is 2. The molecule has 39 heavy (non-hydrogen) atoms. The van der Waals surface area contributed by atoms with E-state index in [9.17, 15) is 14.9 Å². The second-order valence-corrected chi connectivity index (χ2v) is 10.6. The van der Waals surface area contributed by atoms with Crippen LogP contribution >= 0.6 is 11.3 Å². The fourth-order valence-corrected chi connectivity index (χ4v) is 6.05. The molecule has 2 aliphatic rings. The van der Waals surface area contributed by atoms with Gasteiger partial charge in [0.05, 0.1) is 43.2 Å². The molecule has 2 saturated heterocycles. The van der Waals surface area contributed by atoms with E-state index in [-0.39, 0.29) is 17.2 Å². The maximum atomic E-state index is 14.0. The van der Waals surface area contributed by atoms with E-state index in [0.717, 1.165) is 36.3 Å². The maximum Gasteiger partial charge on any atom is 0.293 e. The molecule has 0 saturated carbocycles. The monoisotopic (exact) mass is 555 g/mol. The number of amides is 1. The number of aryl methyl sites for hydroxylation is 1. The van der Waals surface area contributed by atoms with Crippen molar-refractivity contribution >= 4 is 44.0 Å². The van der Waals surface area contributed by atoms with Crippen LogP contribution in [0.25, 0.3) is 10.2 Å². The second kappa shape index (κ2) is 12.2. The van der Waals surface area contributed by atoms with Gasteiger partial charge in [-0.3, -0.25) is 24.7 Å². The lowest BCUT2D eigenvalue weighted by Gasteiger charge is -2.29. The number of thiazole rings is 1. The van der Waals surface area contributed by atoms with Crippen LogP contribution < -0.4 is 14.5 Å². The number of hydrogen-bond donors (Lipinski definition) is 0. The van der Waals surface area contributed by atoms with E-state index >= 15 is 0 Å². The zero-order valence-corrected chi connectivity index (χ0v) is 23.1. The Morgan fingerprint density at radius 3 is 2.54 bits per heavy atom. The largest absolute Gasteiger partial charge is 0.494 e. The van der Waals surface area contributed by atoms with Gasteiger partial charge in [0.15, 0.2) is 5.13 Å². The zero-order valence-electron chi connectivity index (χ0n) is 22.3. The molecule has 11 nitrogen and oxygen atoms in total. The molecule has 1 amide bonds. The third-order valence-electron chi connectivity index (χ3n) is 7.12. The van der Waals surface area contributed by atoms with Crippen molar-refractivity contribution < 1.29 is 23.9 Å².